The maximum absolute atomic E-state index is 13.6. The Bertz CT molecular complexity index is 680. The summed E-state index contributed by atoms with van der Waals surface area (Å²) >= 11 is 0. The Morgan fingerprint density at radius 2 is 1.86 bits per heavy atom. The average molecular weight is 289 g/mol. The lowest BCUT2D eigenvalue weighted by Gasteiger charge is -2.10. The number of carbonyl (C=O) groups excluding carboxylic acids is 2. The van der Waals surface area contributed by atoms with Gasteiger partial charge in [-0.2, -0.15) is 0 Å². The fraction of sp³-hybridized carbons (Fsp3) is 0.0667. The van der Waals surface area contributed by atoms with E-state index in [0.29, 0.717) is 0 Å². The number of phenols is 1. The molecule has 2 N–H and O–H groups in total. The molecule has 0 atom stereocenters. The predicted molar refractivity (Wildman–Crippen MR) is 73.8 cm³/mol. The number of aromatic hydroxyl groups is 1. The van der Waals surface area contributed by atoms with Crippen molar-refractivity contribution in [1.29, 1.82) is 0 Å². The van der Waals surface area contributed by atoms with E-state index in [2.05, 4.69) is 10.1 Å². The zero-order valence-corrected chi connectivity index (χ0v) is 11.1. The lowest BCUT2D eigenvalue weighted by atomic mass is 10.1. The molecule has 0 aliphatic heterocycles. The van der Waals surface area contributed by atoms with Crippen LogP contribution in [0.1, 0.15) is 20.7 Å². The highest BCUT2D eigenvalue weighted by atomic mass is 19.1. The maximum Gasteiger partial charge on any atom is 0.339 e. The summed E-state index contributed by atoms with van der Waals surface area (Å²) < 4.78 is 18.2. The second kappa shape index (κ2) is 6.04. The molecule has 2 aromatic carbocycles. The molecule has 0 unspecified atom stereocenters. The van der Waals surface area contributed by atoms with Gasteiger partial charge in [0.05, 0.1) is 18.4 Å². The van der Waals surface area contributed by atoms with Crippen molar-refractivity contribution >= 4 is 17.6 Å². The van der Waals surface area contributed by atoms with E-state index < -0.39 is 29.0 Å². The molecule has 0 fully saturated rings. The van der Waals surface area contributed by atoms with E-state index in [1.807, 2.05) is 0 Å². The third-order valence-electron chi connectivity index (χ3n) is 2.80. The molecule has 0 aromatic heterocycles. The Morgan fingerprint density at radius 1 is 1.14 bits per heavy atom. The molecular formula is C15H12FNO4. The number of ether oxygens (including phenoxy) is 1. The van der Waals surface area contributed by atoms with Crippen molar-refractivity contribution in [2.75, 3.05) is 12.4 Å². The lowest BCUT2D eigenvalue weighted by Crippen LogP contribution is -2.16. The number of methoxy groups -OCH3 is 1. The number of benzene rings is 2. The summed E-state index contributed by atoms with van der Waals surface area (Å²) in [7, 11) is 1.21. The highest BCUT2D eigenvalue weighted by Crippen LogP contribution is 2.23. The Labute approximate surface area is 120 Å². The van der Waals surface area contributed by atoms with Crippen LogP contribution in [0.2, 0.25) is 0 Å². The van der Waals surface area contributed by atoms with Crippen LogP contribution >= 0.6 is 0 Å². The third-order valence-corrected chi connectivity index (χ3v) is 2.80. The number of phenolic OH excluding ortho intramolecular Hbond substituents is 1. The predicted octanol–water partition coefficient (Wildman–Crippen LogP) is 2.57. The molecule has 2 rings (SSSR count). The molecule has 2 aromatic rings. The highest BCUT2D eigenvalue weighted by molar-refractivity contribution is 6.09. The first kappa shape index (κ1) is 14.5. The van der Waals surface area contributed by atoms with E-state index in [4.69, 9.17) is 0 Å². The number of anilines is 1. The SMILES string of the molecule is COC(=O)c1ccccc1NC(=O)c1c(O)cccc1F. The van der Waals surface area contributed by atoms with E-state index >= 15 is 0 Å². The van der Waals surface area contributed by atoms with Gasteiger partial charge in [0, 0.05) is 0 Å². The Kier molecular flexibility index (Phi) is 4.18. The van der Waals surface area contributed by atoms with Crippen molar-refractivity contribution in [3.63, 3.8) is 0 Å². The van der Waals surface area contributed by atoms with Crippen LogP contribution in [0.15, 0.2) is 42.5 Å². The van der Waals surface area contributed by atoms with Gasteiger partial charge < -0.3 is 15.2 Å². The van der Waals surface area contributed by atoms with E-state index in [9.17, 15) is 19.1 Å². The fourth-order valence-corrected chi connectivity index (χ4v) is 1.80. The molecular weight excluding hydrogens is 277 g/mol. The van der Waals surface area contributed by atoms with Crippen molar-refractivity contribution in [1.82, 2.24) is 0 Å². The van der Waals surface area contributed by atoms with Gasteiger partial charge in [-0.3, -0.25) is 4.79 Å². The first-order valence-corrected chi connectivity index (χ1v) is 6.00. The zero-order chi connectivity index (χ0) is 15.4. The smallest absolute Gasteiger partial charge is 0.339 e. The maximum atomic E-state index is 13.6. The van der Waals surface area contributed by atoms with Crippen molar-refractivity contribution in [3.05, 3.63) is 59.4 Å². The number of para-hydroxylation sites is 1. The molecule has 0 heterocycles. The van der Waals surface area contributed by atoms with Gasteiger partial charge in [0.25, 0.3) is 5.91 Å². The molecule has 0 aliphatic rings. The number of halogens is 1. The first-order valence-electron chi connectivity index (χ1n) is 6.00. The molecule has 6 heteroatoms. The Hall–Kier alpha value is -2.89. The molecule has 0 saturated heterocycles. The van der Waals surface area contributed by atoms with Gasteiger partial charge in [-0.1, -0.05) is 18.2 Å². The molecule has 0 aliphatic carbocycles. The normalized spacial score (nSPS) is 10.0. The van der Waals surface area contributed by atoms with Crippen LogP contribution in [-0.4, -0.2) is 24.1 Å². The standard InChI is InChI=1S/C15H12FNO4/c1-21-15(20)9-5-2-3-7-11(9)17-14(19)13-10(16)6-4-8-12(13)18/h2-8,18H,1H3,(H,17,19). The summed E-state index contributed by atoms with van der Waals surface area (Å²) in [5.41, 5.74) is -0.196. The lowest BCUT2D eigenvalue weighted by molar-refractivity contribution is 0.0602. The van der Waals surface area contributed by atoms with Gasteiger partial charge in [-0.15, -0.1) is 0 Å². The minimum absolute atomic E-state index is 0.129. The van der Waals surface area contributed by atoms with E-state index in [1.54, 1.807) is 12.1 Å². The average Bonchev–Trinajstić information content (AvgIpc) is 2.47. The molecule has 5 nitrogen and oxygen atoms in total. The third kappa shape index (κ3) is 3.00. The summed E-state index contributed by atoms with van der Waals surface area (Å²) in [5, 5.41) is 12.0. The number of hydrogen-bond donors (Lipinski definition) is 2. The Balaban J connectivity index is 2.35. The van der Waals surface area contributed by atoms with Crippen LogP contribution in [0, 0.1) is 5.82 Å². The minimum atomic E-state index is -0.859. The van der Waals surface area contributed by atoms with Gasteiger partial charge in [0.15, 0.2) is 0 Å². The highest BCUT2D eigenvalue weighted by Gasteiger charge is 2.19. The van der Waals surface area contributed by atoms with Crippen molar-refractivity contribution < 1.29 is 23.8 Å². The minimum Gasteiger partial charge on any atom is -0.507 e. The van der Waals surface area contributed by atoms with E-state index in [0.717, 1.165) is 6.07 Å². The molecule has 0 bridgehead atoms. The van der Waals surface area contributed by atoms with Gasteiger partial charge in [0.1, 0.15) is 17.1 Å². The second-order valence-corrected chi connectivity index (χ2v) is 4.13. The number of carbonyl (C=O) groups is 2. The summed E-state index contributed by atoms with van der Waals surface area (Å²) in [6.07, 6.45) is 0. The molecule has 108 valence electrons. The topological polar surface area (TPSA) is 75.6 Å². The summed E-state index contributed by atoms with van der Waals surface area (Å²) in [6.45, 7) is 0. The summed E-state index contributed by atoms with van der Waals surface area (Å²) in [4.78, 5) is 23.6. The van der Waals surface area contributed by atoms with Crippen molar-refractivity contribution in [2.24, 2.45) is 0 Å². The molecule has 0 radical (unpaired) electrons. The van der Waals surface area contributed by atoms with Crippen molar-refractivity contribution in [3.8, 4) is 5.75 Å². The van der Waals surface area contributed by atoms with Gasteiger partial charge in [0.2, 0.25) is 0 Å². The zero-order valence-electron chi connectivity index (χ0n) is 11.1. The van der Waals surface area contributed by atoms with Crippen LogP contribution in [0.25, 0.3) is 0 Å². The van der Waals surface area contributed by atoms with E-state index in [1.165, 1.54) is 31.4 Å². The summed E-state index contributed by atoms with van der Waals surface area (Å²) in [6, 6.07) is 9.67. The number of hydrogen-bond acceptors (Lipinski definition) is 4. The van der Waals surface area contributed by atoms with E-state index in [-0.39, 0.29) is 11.3 Å². The van der Waals surface area contributed by atoms with Crippen LogP contribution in [0.4, 0.5) is 10.1 Å². The van der Waals surface area contributed by atoms with Gasteiger partial charge in [-0.05, 0) is 24.3 Å². The first-order chi connectivity index (χ1) is 10.0. The van der Waals surface area contributed by atoms with Crippen molar-refractivity contribution in [2.45, 2.75) is 0 Å². The molecule has 0 saturated carbocycles. The summed E-state index contributed by atoms with van der Waals surface area (Å²) in [5.74, 6) is -2.84. The largest absolute Gasteiger partial charge is 0.507 e. The molecule has 21 heavy (non-hydrogen) atoms. The monoisotopic (exact) mass is 289 g/mol. The van der Waals surface area contributed by atoms with Gasteiger partial charge >= 0.3 is 5.97 Å². The molecule has 0 spiro atoms. The quantitative estimate of drug-likeness (QED) is 0.851. The fourth-order valence-electron chi connectivity index (χ4n) is 1.80. The molecule has 1 amide bonds. The van der Waals surface area contributed by atoms with Crippen LogP contribution in [0.5, 0.6) is 5.75 Å². The Morgan fingerprint density at radius 3 is 2.52 bits per heavy atom. The number of amides is 1. The van der Waals surface area contributed by atoms with Crippen LogP contribution in [-0.2, 0) is 4.74 Å². The second-order valence-electron chi connectivity index (χ2n) is 4.13. The van der Waals surface area contributed by atoms with Crippen LogP contribution in [0.3, 0.4) is 0 Å². The van der Waals surface area contributed by atoms with Gasteiger partial charge in [-0.25, -0.2) is 9.18 Å². The number of nitrogens with one attached hydrogen (secondary N) is 1. The van der Waals surface area contributed by atoms with Crippen LogP contribution < -0.4 is 5.32 Å². The number of esters is 1. The number of rotatable bonds is 3.